The van der Waals surface area contributed by atoms with Crippen molar-refractivity contribution in [3.63, 3.8) is 0 Å². The molecule has 2 fully saturated rings. The summed E-state index contributed by atoms with van der Waals surface area (Å²) in [5.74, 6) is -0.329. The molecular formula is C16H28N2O3. The first-order chi connectivity index (χ1) is 10.1. The minimum atomic E-state index is -0.915. The average molecular weight is 296 g/mol. The lowest BCUT2D eigenvalue weighted by atomic mass is 9.89. The summed E-state index contributed by atoms with van der Waals surface area (Å²) < 4.78 is 0. The van der Waals surface area contributed by atoms with Crippen molar-refractivity contribution in [2.75, 3.05) is 20.1 Å². The highest BCUT2D eigenvalue weighted by molar-refractivity contribution is 5.80. The third-order valence-corrected chi connectivity index (χ3v) is 4.90. The quantitative estimate of drug-likeness (QED) is 0.848. The van der Waals surface area contributed by atoms with Crippen LogP contribution in [0.4, 0.5) is 4.79 Å². The summed E-state index contributed by atoms with van der Waals surface area (Å²) in [5, 5.41) is 9.08. The average Bonchev–Trinajstić information content (AvgIpc) is 2.99. The summed E-state index contributed by atoms with van der Waals surface area (Å²) >= 11 is 0. The molecule has 1 N–H and O–H groups in total. The fourth-order valence-electron chi connectivity index (χ4n) is 3.77. The third-order valence-electron chi connectivity index (χ3n) is 4.90. The molecule has 0 aromatic rings. The first kappa shape index (κ1) is 16.1. The van der Waals surface area contributed by atoms with E-state index >= 15 is 0 Å². The van der Waals surface area contributed by atoms with Crippen LogP contribution in [-0.2, 0) is 4.79 Å². The van der Waals surface area contributed by atoms with Gasteiger partial charge in [0.1, 0.15) is 6.54 Å². The van der Waals surface area contributed by atoms with Crippen molar-refractivity contribution in [1.82, 2.24) is 9.80 Å². The smallest absolute Gasteiger partial charge is 0.323 e. The summed E-state index contributed by atoms with van der Waals surface area (Å²) in [6, 6.07) is 0.0114. The third kappa shape index (κ3) is 4.61. The van der Waals surface area contributed by atoms with Gasteiger partial charge in [0.05, 0.1) is 0 Å². The fraction of sp³-hybridized carbons (Fsp3) is 0.875. The van der Waals surface area contributed by atoms with Gasteiger partial charge in [0, 0.05) is 19.6 Å². The van der Waals surface area contributed by atoms with E-state index in [1.54, 1.807) is 9.80 Å². The highest BCUT2D eigenvalue weighted by Crippen LogP contribution is 2.26. The van der Waals surface area contributed by atoms with Crippen molar-refractivity contribution in [2.24, 2.45) is 5.92 Å². The SMILES string of the molecule is CN(CC1CCCCC1)C(=O)N(CC(=O)O)C1CCCC1. The molecule has 0 aromatic heterocycles. The zero-order chi connectivity index (χ0) is 15.2. The van der Waals surface area contributed by atoms with Crippen LogP contribution in [0, 0.1) is 5.92 Å². The van der Waals surface area contributed by atoms with Crippen molar-refractivity contribution in [1.29, 1.82) is 0 Å². The predicted octanol–water partition coefficient (Wildman–Crippen LogP) is 2.95. The lowest BCUT2D eigenvalue weighted by molar-refractivity contribution is -0.138. The number of rotatable bonds is 5. The number of carboxylic acids is 1. The minimum absolute atomic E-state index is 0.102. The molecule has 0 saturated heterocycles. The Morgan fingerprint density at radius 1 is 1.00 bits per heavy atom. The van der Waals surface area contributed by atoms with E-state index in [1.165, 1.54) is 32.1 Å². The van der Waals surface area contributed by atoms with Gasteiger partial charge in [-0.05, 0) is 31.6 Å². The molecule has 2 saturated carbocycles. The van der Waals surface area contributed by atoms with E-state index in [2.05, 4.69) is 0 Å². The van der Waals surface area contributed by atoms with Gasteiger partial charge in [-0.2, -0.15) is 0 Å². The Kier molecular flexibility index (Phi) is 5.88. The molecule has 0 aromatic carbocycles. The Hall–Kier alpha value is -1.26. The second-order valence-corrected chi connectivity index (χ2v) is 6.63. The molecule has 0 unspecified atom stereocenters. The van der Waals surface area contributed by atoms with Gasteiger partial charge in [-0.3, -0.25) is 4.79 Å². The molecule has 2 rings (SSSR count). The highest BCUT2D eigenvalue weighted by Gasteiger charge is 2.31. The van der Waals surface area contributed by atoms with Crippen molar-refractivity contribution < 1.29 is 14.7 Å². The molecular weight excluding hydrogens is 268 g/mol. The lowest BCUT2D eigenvalue weighted by Crippen LogP contribution is -2.49. The number of aliphatic carboxylic acids is 1. The second kappa shape index (κ2) is 7.66. The highest BCUT2D eigenvalue weighted by atomic mass is 16.4. The van der Waals surface area contributed by atoms with Crippen LogP contribution in [0.25, 0.3) is 0 Å². The molecule has 0 spiro atoms. The van der Waals surface area contributed by atoms with Gasteiger partial charge in [0.25, 0.3) is 0 Å². The van der Waals surface area contributed by atoms with Gasteiger partial charge < -0.3 is 14.9 Å². The molecule has 2 aliphatic rings. The molecule has 0 heterocycles. The van der Waals surface area contributed by atoms with E-state index in [0.717, 1.165) is 32.2 Å². The Bertz CT molecular complexity index is 361. The van der Waals surface area contributed by atoms with E-state index in [-0.39, 0.29) is 18.6 Å². The van der Waals surface area contributed by atoms with Gasteiger partial charge in [0.15, 0.2) is 0 Å². The van der Waals surface area contributed by atoms with Crippen LogP contribution in [0.1, 0.15) is 57.8 Å². The van der Waals surface area contributed by atoms with E-state index in [9.17, 15) is 9.59 Å². The molecule has 0 radical (unpaired) electrons. The molecule has 2 aliphatic carbocycles. The monoisotopic (exact) mass is 296 g/mol. The van der Waals surface area contributed by atoms with Crippen molar-refractivity contribution in [2.45, 2.75) is 63.8 Å². The van der Waals surface area contributed by atoms with Crippen LogP contribution >= 0.6 is 0 Å². The van der Waals surface area contributed by atoms with Gasteiger partial charge in [-0.25, -0.2) is 4.79 Å². The maximum Gasteiger partial charge on any atom is 0.323 e. The summed E-state index contributed by atoms with van der Waals surface area (Å²) in [7, 11) is 1.82. The first-order valence-electron chi connectivity index (χ1n) is 8.31. The maximum absolute atomic E-state index is 12.6. The topological polar surface area (TPSA) is 60.9 Å². The summed E-state index contributed by atoms with van der Waals surface area (Å²) in [6.07, 6.45) is 10.3. The van der Waals surface area contributed by atoms with Gasteiger partial charge in [-0.15, -0.1) is 0 Å². The molecule has 0 atom stereocenters. The van der Waals surface area contributed by atoms with Gasteiger partial charge in [-0.1, -0.05) is 32.1 Å². The number of carboxylic acid groups (broad SMARTS) is 1. The number of carbonyl (C=O) groups excluding carboxylic acids is 1. The normalized spacial score (nSPS) is 20.4. The van der Waals surface area contributed by atoms with Gasteiger partial charge in [0.2, 0.25) is 0 Å². The van der Waals surface area contributed by atoms with E-state index in [1.807, 2.05) is 7.05 Å². The first-order valence-corrected chi connectivity index (χ1v) is 8.31. The Balaban J connectivity index is 1.93. The van der Waals surface area contributed by atoms with Crippen molar-refractivity contribution >= 4 is 12.0 Å². The van der Waals surface area contributed by atoms with Crippen LogP contribution in [0.5, 0.6) is 0 Å². The fourth-order valence-corrected chi connectivity index (χ4v) is 3.77. The Morgan fingerprint density at radius 2 is 1.57 bits per heavy atom. The van der Waals surface area contributed by atoms with Gasteiger partial charge >= 0.3 is 12.0 Å². The summed E-state index contributed by atoms with van der Waals surface area (Å²) in [5.41, 5.74) is 0. The van der Waals surface area contributed by atoms with Crippen LogP contribution in [-0.4, -0.2) is 53.1 Å². The van der Waals surface area contributed by atoms with E-state index in [4.69, 9.17) is 5.11 Å². The number of urea groups is 1. The number of hydrogen-bond acceptors (Lipinski definition) is 2. The number of amides is 2. The molecule has 21 heavy (non-hydrogen) atoms. The Morgan fingerprint density at radius 3 is 2.14 bits per heavy atom. The maximum atomic E-state index is 12.6. The molecule has 120 valence electrons. The van der Waals surface area contributed by atoms with E-state index < -0.39 is 5.97 Å². The molecule has 0 bridgehead atoms. The lowest BCUT2D eigenvalue weighted by Gasteiger charge is -2.34. The summed E-state index contributed by atoms with van der Waals surface area (Å²) in [6.45, 7) is 0.597. The molecule has 5 heteroatoms. The van der Waals surface area contributed by atoms with Crippen molar-refractivity contribution in [3.8, 4) is 0 Å². The minimum Gasteiger partial charge on any atom is -0.480 e. The standard InChI is InChI=1S/C16H28N2O3/c1-17(11-13-7-3-2-4-8-13)16(21)18(12-15(19)20)14-9-5-6-10-14/h13-14H,2-12H2,1H3,(H,19,20). The second-order valence-electron chi connectivity index (χ2n) is 6.63. The number of nitrogens with zero attached hydrogens (tertiary/aromatic N) is 2. The zero-order valence-corrected chi connectivity index (χ0v) is 13.1. The Labute approximate surface area is 127 Å². The van der Waals surface area contributed by atoms with Crippen LogP contribution < -0.4 is 0 Å². The van der Waals surface area contributed by atoms with Crippen LogP contribution in [0.2, 0.25) is 0 Å². The number of hydrogen-bond donors (Lipinski definition) is 1. The van der Waals surface area contributed by atoms with E-state index in [0.29, 0.717) is 5.92 Å². The van der Waals surface area contributed by atoms with Crippen LogP contribution in [0.15, 0.2) is 0 Å². The molecule has 5 nitrogen and oxygen atoms in total. The largest absolute Gasteiger partial charge is 0.480 e. The van der Waals surface area contributed by atoms with Crippen LogP contribution in [0.3, 0.4) is 0 Å². The van der Waals surface area contributed by atoms with Crippen molar-refractivity contribution in [3.05, 3.63) is 0 Å². The zero-order valence-electron chi connectivity index (χ0n) is 13.1. The predicted molar refractivity (Wildman–Crippen MR) is 81.2 cm³/mol. The molecule has 0 aliphatic heterocycles. The number of carbonyl (C=O) groups is 2. The molecule has 2 amide bonds. The summed E-state index contributed by atoms with van der Waals surface area (Å²) in [4.78, 5) is 27.0.